The van der Waals surface area contributed by atoms with Crippen LogP contribution in [0, 0.1) is 0 Å². The van der Waals surface area contributed by atoms with E-state index in [0.717, 1.165) is 38.2 Å². The standard InChI is InChI=1S/C19H25ClN2O/c1-21(2)11-6-12-22(14-16-7-4-3-5-8-16)15-17-9-10-19(23)18(20)13-17/h3-5,7-10,13,23H,6,11-12,14-15H2,1-2H3. The van der Waals surface area contributed by atoms with Gasteiger partial charge < -0.3 is 10.0 Å². The Hall–Kier alpha value is -1.55. The second kappa shape index (κ2) is 8.92. The molecule has 0 heterocycles. The summed E-state index contributed by atoms with van der Waals surface area (Å²) in [6.07, 6.45) is 1.12. The van der Waals surface area contributed by atoms with E-state index in [4.69, 9.17) is 11.6 Å². The Balaban J connectivity index is 2.03. The number of phenolic OH excluding ortho intramolecular Hbond substituents is 1. The Labute approximate surface area is 144 Å². The fraction of sp³-hybridized carbons (Fsp3) is 0.368. The van der Waals surface area contributed by atoms with E-state index < -0.39 is 0 Å². The molecule has 0 unspecified atom stereocenters. The molecule has 0 radical (unpaired) electrons. The number of rotatable bonds is 8. The molecule has 0 aromatic heterocycles. The highest BCUT2D eigenvalue weighted by atomic mass is 35.5. The van der Waals surface area contributed by atoms with Crippen LogP contribution < -0.4 is 0 Å². The van der Waals surface area contributed by atoms with Crippen molar-refractivity contribution in [1.82, 2.24) is 9.80 Å². The summed E-state index contributed by atoms with van der Waals surface area (Å²) in [5.41, 5.74) is 2.43. The lowest BCUT2D eigenvalue weighted by molar-refractivity contribution is 0.239. The number of aromatic hydroxyl groups is 1. The Morgan fingerprint density at radius 3 is 2.26 bits per heavy atom. The second-order valence-electron chi connectivity index (χ2n) is 6.14. The maximum atomic E-state index is 9.56. The van der Waals surface area contributed by atoms with E-state index in [9.17, 15) is 5.11 Å². The first-order valence-corrected chi connectivity index (χ1v) is 8.31. The van der Waals surface area contributed by atoms with E-state index in [0.29, 0.717) is 5.02 Å². The van der Waals surface area contributed by atoms with Crippen LogP contribution >= 0.6 is 11.6 Å². The molecule has 4 heteroatoms. The maximum absolute atomic E-state index is 9.56. The van der Waals surface area contributed by atoms with Crippen molar-refractivity contribution in [3.63, 3.8) is 0 Å². The molecule has 0 atom stereocenters. The SMILES string of the molecule is CN(C)CCCN(Cc1ccccc1)Cc1ccc(O)c(Cl)c1. The van der Waals surface area contributed by atoms with Gasteiger partial charge in [0.25, 0.3) is 0 Å². The van der Waals surface area contributed by atoms with Crippen molar-refractivity contribution in [1.29, 1.82) is 0 Å². The number of halogens is 1. The van der Waals surface area contributed by atoms with Gasteiger partial charge in [0, 0.05) is 19.6 Å². The Kier molecular flexibility index (Phi) is 6.90. The molecular weight excluding hydrogens is 308 g/mol. The lowest BCUT2D eigenvalue weighted by atomic mass is 10.1. The van der Waals surface area contributed by atoms with Crippen LogP contribution in [0.15, 0.2) is 48.5 Å². The maximum Gasteiger partial charge on any atom is 0.134 e. The number of hydrogen-bond donors (Lipinski definition) is 1. The first-order valence-electron chi connectivity index (χ1n) is 7.93. The van der Waals surface area contributed by atoms with E-state index in [1.54, 1.807) is 6.07 Å². The molecule has 2 rings (SSSR count). The predicted octanol–water partition coefficient (Wildman–Crippen LogP) is 4.00. The summed E-state index contributed by atoms with van der Waals surface area (Å²) in [6, 6.07) is 15.9. The van der Waals surface area contributed by atoms with Crippen LogP contribution in [0.4, 0.5) is 0 Å². The summed E-state index contributed by atoms with van der Waals surface area (Å²) in [4.78, 5) is 4.62. The average Bonchev–Trinajstić information content (AvgIpc) is 2.51. The lowest BCUT2D eigenvalue weighted by Crippen LogP contribution is -2.26. The third kappa shape index (κ3) is 6.22. The molecule has 3 nitrogen and oxygen atoms in total. The molecule has 1 N–H and O–H groups in total. The zero-order valence-electron chi connectivity index (χ0n) is 13.9. The molecule has 0 saturated heterocycles. The summed E-state index contributed by atoms with van der Waals surface area (Å²) in [5, 5.41) is 9.98. The first-order chi connectivity index (χ1) is 11.0. The quantitative estimate of drug-likeness (QED) is 0.791. The fourth-order valence-electron chi connectivity index (χ4n) is 2.57. The lowest BCUT2D eigenvalue weighted by Gasteiger charge is -2.23. The minimum atomic E-state index is 0.137. The van der Waals surface area contributed by atoms with E-state index in [2.05, 4.69) is 48.2 Å². The number of nitrogens with zero attached hydrogens (tertiary/aromatic N) is 2. The van der Waals surface area contributed by atoms with Crippen LogP contribution in [0.2, 0.25) is 5.02 Å². The molecule has 124 valence electrons. The highest BCUT2D eigenvalue weighted by Gasteiger charge is 2.09. The van der Waals surface area contributed by atoms with Gasteiger partial charge in [-0.3, -0.25) is 4.90 Å². The zero-order valence-corrected chi connectivity index (χ0v) is 14.6. The highest BCUT2D eigenvalue weighted by Crippen LogP contribution is 2.24. The molecule has 0 spiro atoms. The van der Waals surface area contributed by atoms with E-state index in [-0.39, 0.29) is 5.75 Å². The number of hydrogen-bond acceptors (Lipinski definition) is 3. The second-order valence-corrected chi connectivity index (χ2v) is 6.55. The van der Waals surface area contributed by atoms with E-state index in [1.807, 2.05) is 18.2 Å². The molecule has 0 amide bonds. The Morgan fingerprint density at radius 1 is 0.913 bits per heavy atom. The Bertz CT molecular complexity index is 602. The van der Waals surface area contributed by atoms with Gasteiger partial charge in [-0.05, 0) is 50.3 Å². The molecule has 0 aliphatic heterocycles. The zero-order chi connectivity index (χ0) is 16.7. The highest BCUT2D eigenvalue weighted by molar-refractivity contribution is 6.32. The van der Waals surface area contributed by atoms with Crippen LogP contribution in [0.1, 0.15) is 17.5 Å². The van der Waals surface area contributed by atoms with Crippen molar-refractivity contribution in [3.8, 4) is 5.75 Å². The average molecular weight is 333 g/mol. The van der Waals surface area contributed by atoms with Crippen molar-refractivity contribution in [3.05, 3.63) is 64.7 Å². The topological polar surface area (TPSA) is 26.7 Å². The smallest absolute Gasteiger partial charge is 0.134 e. The monoisotopic (exact) mass is 332 g/mol. The molecule has 23 heavy (non-hydrogen) atoms. The molecular formula is C19H25ClN2O. The first kappa shape index (κ1) is 17.8. The normalized spacial score (nSPS) is 11.3. The molecule has 0 saturated carbocycles. The molecule has 0 aliphatic rings. The Morgan fingerprint density at radius 2 is 1.61 bits per heavy atom. The largest absolute Gasteiger partial charge is 0.506 e. The summed E-state index contributed by atoms with van der Waals surface area (Å²) in [5.74, 6) is 0.137. The molecule has 0 aliphatic carbocycles. The third-order valence-corrected chi connectivity index (χ3v) is 4.05. The van der Waals surface area contributed by atoms with Gasteiger partial charge in [-0.2, -0.15) is 0 Å². The van der Waals surface area contributed by atoms with Gasteiger partial charge >= 0.3 is 0 Å². The molecule has 0 bridgehead atoms. The molecule has 2 aromatic rings. The van der Waals surface area contributed by atoms with Gasteiger partial charge in [0.15, 0.2) is 0 Å². The van der Waals surface area contributed by atoms with Crippen LogP contribution in [-0.4, -0.2) is 42.1 Å². The number of phenols is 1. The molecule has 0 fully saturated rings. The van der Waals surface area contributed by atoms with Crippen LogP contribution in [-0.2, 0) is 13.1 Å². The van der Waals surface area contributed by atoms with E-state index in [1.165, 1.54) is 5.56 Å². The van der Waals surface area contributed by atoms with Crippen molar-refractivity contribution < 1.29 is 5.11 Å². The number of benzene rings is 2. The van der Waals surface area contributed by atoms with Crippen molar-refractivity contribution in [2.75, 3.05) is 27.2 Å². The van der Waals surface area contributed by atoms with Gasteiger partial charge in [-0.1, -0.05) is 48.0 Å². The van der Waals surface area contributed by atoms with Crippen LogP contribution in [0.25, 0.3) is 0 Å². The minimum absolute atomic E-state index is 0.137. The fourth-order valence-corrected chi connectivity index (χ4v) is 2.78. The van der Waals surface area contributed by atoms with Crippen LogP contribution in [0.5, 0.6) is 5.75 Å². The van der Waals surface area contributed by atoms with Gasteiger partial charge in [-0.25, -0.2) is 0 Å². The summed E-state index contributed by atoms with van der Waals surface area (Å²) >= 11 is 6.03. The van der Waals surface area contributed by atoms with Crippen LogP contribution in [0.3, 0.4) is 0 Å². The summed E-state index contributed by atoms with van der Waals surface area (Å²) in [6.45, 7) is 3.82. The van der Waals surface area contributed by atoms with Gasteiger partial charge in [-0.15, -0.1) is 0 Å². The van der Waals surface area contributed by atoms with Crippen molar-refractivity contribution in [2.45, 2.75) is 19.5 Å². The minimum Gasteiger partial charge on any atom is -0.506 e. The van der Waals surface area contributed by atoms with Crippen molar-refractivity contribution in [2.24, 2.45) is 0 Å². The van der Waals surface area contributed by atoms with Crippen molar-refractivity contribution >= 4 is 11.6 Å². The van der Waals surface area contributed by atoms with Gasteiger partial charge in [0.1, 0.15) is 5.75 Å². The third-order valence-electron chi connectivity index (χ3n) is 3.75. The summed E-state index contributed by atoms with van der Waals surface area (Å²) < 4.78 is 0. The van der Waals surface area contributed by atoms with Gasteiger partial charge in [0.2, 0.25) is 0 Å². The predicted molar refractivity (Wildman–Crippen MR) is 96.8 cm³/mol. The summed E-state index contributed by atoms with van der Waals surface area (Å²) in [7, 11) is 4.20. The molecule has 2 aromatic carbocycles. The van der Waals surface area contributed by atoms with E-state index >= 15 is 0 Å². The van der Waals surface area contributed by atoms with Gasteiger partial charge in [0.05, 0.1) is 5.02 Å².